The number of nitrogens with zero attached hydrogens (tertiary/aromatic N) is 2. The second-order valence-electron chi connectivity index (χ2n) is 7.30. The van der Waals surface area contributed by atoms with Gasteiger partial charge in [0.15, 0.2) is 0 Å². The maximum Gasteiger partial charge on any atom is 0.251 e. The monoisotopic (exact) mass is 352 g/mol. The Labute approximate surface area is 153 Å². The van der Waals surface area contributed by atoms with Crippen LogP contribution < -0.4 is 10.3 Å². The number of hydrogen-bond acceptors (Lipinski definition) is 3. The molecule has 0 saturated carbocycles. The predicted octanol–water partition coefficient (Wildman–Crippen LogP) is 2.88. The Morgan fingerprint density at radius 1 is 1.15 bits per heavy atom. The van der Waals surface area contributed by atoms with E-state index in [0.29, 0.717) is 25.6 Å². The van der Waals surface area contributed by atoms with Gasteiger partial charge in [0.2, 0.25) is 5.91 Å². The first-order chi connectivity index (χ1) is 12.5. The van der Waals surface area contributed by atoms with Crippen LogP contribution in [0.15, 0.2) is 41.2 Å². The van der Waals surface area contributed by atoms with Gasteiger partial charge in [-0.2, -0.15) is 0 Å². The quantitative estimate of drug-likeness (QED) is 0.853. The summed E-state index contributed by atoms with van der Waals surface area (Å²) in [4.78, 5) is 26.5. The van der Waals surface area contributed by atoms with Crippen LogP contribution in [0, 0.1) is 5.92 Å². The Bertz CT molecular complexity index is 902. The second kappa shape index (κ2) is 6.63. The summed E-state index contributed by atoms with van der Waals surface area (Å²) < 4.78 is 7.50. The highest BCUT2D eigenvalue weighted by molar-refractivity contribution is 5.73. The first-order valence-corrected chi connectivity index (χ1v) is 9.28. The van der Waals surface area contributed by atoms with Crippen LogP contribution in [-0.4, -0.2) is 35.1 Å². The lowest BCUT2D eigenvalue weighted by atomic mass is 9.82. The molecule has 0 spiro atoms. The average molecular weight is 352 g/mol. The summed E-state index contributed by atoms with van der Waals surface area (Å²) in [5, 5.41) is 0. The lowest BCUT2D eigenvalue weighted by Gasteiger charge is -2.42. The van der Waals surface area contributed by atoms with E-state index in [1.54, 1.807) is 13.0 Å². The zero-order valence-electron chi connectivity index (χ0n) is 15.3. The summed E-state index contributed by atoms with van der Waals surface area (Å²) in [5.41, 5.74) is 3.00. The fourth-order valence-electron chi connectivity index (χ4n) is 4.32. The number of likely N-dealkylation sites (tertiary alicyclic amines) is 1. The molecule has 4 rings (SSSR count). The minimum absolute atomic E-state index is 0.0466. The fourth-order valence-corrected chi connectivity index (χ4v) is 4.32. The zero-order chi connectivity index (χ0) is 18.3. The van der Waals surface area contributed by atoms with Crippen LogP contribution in [0.4, 0.5) is 0 Å². The minimum atomic E-state index is 0.0466. The SMILES string of the molecule is CCOc1cccc(-c2cc3n(c(=O)c2)C[C@H]2C[C@@H]3CN(C(C)=O)C2)c1. The van der Waals surface area contributed by atoms with Crippen LogP contribution in [-0.2, 0) is 11.3 Å². The standard InChI is InChI=1S/C21H24N2O3/c1-3-26-19-6-4-5-16(8-19)17-9-20-18-7-15(11-22(13-18)14(2)24)12-23(20)21(25)10-17/h4-6,8-10,15,18H,3,7,11-13H2,1-2H3/t15-,18+/m0/s1. The summed E-state index contributed by atoms with van der Waals surface area (Å²) in [7, 11) is 0. The largest absolute Gasteiger partial charge is 0.494 e. The van der Waals surface area contributed by atoms with Gasteiger partial charge in [-0.05, 0) is 48.6 Å². The molecule has 26 heavy (non-hydrogen) atoms. The van der Waals surface area contributed by atoms with Gasteiger partial charge in [-0.25, -0.2) is 0 Å². The van der Waals surface area contributed by atoms with Crippen molar-refractivity contribution in [2.45, 2.75) is 32.7 Å². The molecular formula is C21H24N2O3. The maximum absolute atomic E-state index is 12.8. The molecule has 1 aromatic carbocycles. The molecule has 2 aliphatic heterocycles. The van der Waals surface area contributed by atoms with E-state index in [1.165, 1.54) is 0 Å². The summed E-state index contributed by atoms with van der Waals surface area (Å²) in [6.07, 6.45) is 1.05. The fraction of sp³-hybridized carbons (Fsp3) is 0.429. The number of rotatable bonds is 3. The molecule has 1 saturated heterocycles. The average Bonchev–Trinajstić information content (AvgIpc) is 2.63. The molecule has 2 aliphatic rings. The van der Waals surface area contributed by atoms with E-state index in [2.05, 4.69) is 6.07 Å². The number of benzene rings is 1. The number of fused-ring (bicyclic) bond motifs is 4. The Kier molecular flexibility index (Phi) is 4.31. The zero-order valence-corrected chi connectivity index (χ0v) is 15.3. The Morgan fingerprint density at radius 3 is 2.77 bits per heavy atom. The van der Waals surface area contributed by atoms with Gasteiger partial charge in [0.1, 0.15) is 5.75 Å². The van der Waals surface area contributed by atoms with Crippen molar-refractivity contribution in [3.05, 3.63) is 52.4 Å². The molecule has 0 radical (unpaired) electrons. The lowest BCUT2D eigenvalue weighted by Crippen LogP contribution is -2.48. The first kappa shape index (κ1) is 16.9. The smallest absolute Gasteiger partial charge is 0.251 e. The normalized spacial score (nSPS) is 21.2. The van der Waals surface area contributed by atoms with Gasteiger partial charge in [0, 0.05) is 44.2 Å². The third-order valence-electron chi connectivity index (χ3n) is 5.48. The topological polar surface area (TPSA) is 51.5 Å². The van der Waals surface area contributed by atoms with Crippen LogP contribution in [0.1, 0.15) is 31.9 Å². The van der Waals surface area contributed by atoms with E-state index >= 15 is 0 Å². The molecule has 2 bridgehead atoms. The Morgan fingerprint density at radius 2 is 2.00 bits per heavy atom. The van der Waals surface area contributed by atoms with E-state index in [-0.39, 0.29) is 17.4 Å². The van der Waals surface area contributed by atoms with Gasteiger partial charge in [-0.1, -0.05) is 12.1 Å². The molecule has 1 fully saturated rings. The molecule has 0 unspecified atom stereocenters. The van der Waals surface area contributed by atoms with Crippen molar-refractivity contribution in [2.24, 2.45) is 5.92 Å². The van der Waals surface area contributed by atoms with Gasteiger partial charge in [0.25, 0.3) is 5.56 Å². The van der Waals surface area contributed by atoms with Crippen LogP contribution in [0.3, 0.4) is 0 Å². The molecule has 1 aromatic heterocycles. The second-order valence-corrected chi connectivity index (χ2v) is 7.30. The van der Waals surface area contributed by atoms with Crippen LogP contribution in [0.2, 0.25) is 0 Å². The summed E-state index contributed by atoms with van der Waals surface area (Å²) in [6, 6.07) is 11.7. The number of aromatic nitrogens is 1. The van der Waals surface area contributed by atoms with Crippen LogP contribution in [0.25, 0.3) is 11.1 Å². The highest BCUT2D eigenvalue weighted by atomic mass is 16.5. The number of piperidine rings is 1. The molecule has 0 N–H and O–H groups in total. The number of pyridine rings is 1. The first-order valence-electron chi connectivity index (χ1n) is 9.28. The van der Waals surface area contributed by atoms with Crippen molar-refractivity contribution >= 4 is 5.91 Å². The van der Waals surface area contributed by atoms with Crippen molar-refractivity contribution in [3.8, 4) is 16.9 Å². The minimum Gasteiger partial charge on any atom is -0.494 e. The molecule has 2 aromatic rings. The van der Waals surface area contributed by atoms with E-state index in [9.17, 15) is 9.59 Å². The summed E-state index contributed by atoms with van der Waals surface area (Å²) in [5.74, 6) is 1.53. The van der Waals surface area contributed by atoms with Crippen molar-refractivity contribution in [3.63, 3.8) is 0 Å². The molecule has 0 aliphatic carbocycles. The van der Waals surface area contributed by atoms with Crippen molar-refractivity contribution in [1.82, 2.24) is 9.47 Å². The molecule has 3 heterocycles. The number of carbonyl (C=O) groups is 1. The Balaban J connectivity index is 1.74. The highest BCUT2D eigenvalue weighted by Crippen LogP contribution is 2.36. The number of hydrogen-bond donors (Lipinski definition) is 0. The van der Waals surface area contributed by atoms with E-state index in [1.807, 2.05) is 40.7 Å². The van der Waals surface area contributed by atoms with E-state index in [4.69, 9.17) is 4.74 Å². The van der Waals surface area contributed by atoms with Crippen LogP contribution >= 0.6 is 0 Å². The van der Waals surface area contributed by atoms with E-state index in [0.717, 1.165) is 35.5 Å². The third-order valence-corrected chi connectivity index (χ3v) is 5.48. The summed E-state index contributed by atoms with van der Waals surface area (Å²) >= 11 is 0. The van der Waals surface area contributed by atoms with Gasteiger partial charge in [-0.15, -0.1) is 0 Å². The molecular weight excluding hydrogens is 328 g/mol. The lowest BCUT2D eigenvalue weighted by molar-refractivity contribution is -0.131. The van der Waals surface area contributed by atoms with Crippen molar-refractivity contribution < 1.29 is 9.53 Å². The van der Waals surface area contributed by atoms with Gasteiger partial charge < -0.3 is 14.2 Å². The molecule has 1 amide bonds. The maximum atomic E-state index is 12.8. The number of ether oxygens (including phenoxy) is 1. The number of amides is 1. The van der Waals surface area contributed by atoms with Crippen LogP contribution in [0.5, 0.6) is 5.75 Å². The van der Waals surface area contributed by atoms with Gasteiger partial charge >= 0.3 is 0 Å². The van der Waals surface area contributed by atoms with Gasteiger partial charge in [0.05, 0.1) is 6.61 Å². The Hall–Kier alpha value is -2.56. The van der Waals surface area contributed by atoms with E-state index < -0.39 is 0 Å². The van der Waals surface area contributed by atoms with Crippen molar-refractivity contribution in [1.29, 1.82) is 0 Å². The van der Waals surface area contributed by atoms with Gasteiger partial charge in [-0.3, -0.25) is 9.59 Å². The highest BCUT2D eigenvalue weighted by Gasteiger charge is 2.35. The molecule has 136 valence electrons. The summed E-state index contributed by atoms with van der Waals surface area (Å²) in [6.45, 7) is 6.36. The predicted molar refractivity (Wildman–Crippen MR) is 100 cm³/mol. The molecule has 5 heteroatoms. The van der Waals surface area contributed by atoms with Crippen molar-refractivity contribution in [2.75, 3.05) is 19.7 Å². The molecule has 5 nitrogen and oxygen atoms in total. The third kappa shape index (κ3) is 3.02. The number of carbonyl (C=O) groups excluding carboxylic acids is 1. The molecule has 2 atom stereocenters.